The average Bonchev–Trinajstić information content (AvgIpc) is 2.48. The van der Waals surface area contributed by atoms with Gasteiger partial charge in [0, 0.05) is 29.6 Å². The Morgan fingerprint density at radius 3 is 2.65 bits per heavy atom. The van der Waals surface area contributed by atoms with Gasteiger partial charge in [-0.3, -0.25) is 0 Å². The van der Waals surface area contributed by atoms with Crippen LogP contribution in [-0.2, 0) is 6.54 Å². The van der Waals surface area contributed by atoms with Gasteiger partial charge in [-0.05, 0) is 17.7 Å². The molecule has 0 aliphatic rings. The molecule has 100 valence electrons. The van der Waals surface area contributed by atoms with E-state index in [-0.39, 0.29) is 0 Å². The molecule has 0 aliphatic carbocycles. The van der Waals surface area contributed by atoms with Crippen molar-refractivity contribution in [2.24, 2.45) is 0 Å². The third-order valence-corrected chi connectivity index (χ3v) is 3.85. The lowest BCUT2D eigenvalue weighted by Gasteiger charge is -2.17. The molecule has 20 heavy (non-hydrogen) atoms. The van der Waals surface area contributed by atoms with Gasteiger partial charge in [0.1, 0.15) is 0 Å². The molecule has 3 nitrogen and oxygen atoms in total. The van der Waals surface area contributed by atoms with Crippen molar-refractivity contribution in [1.29, 1.82) is 0 Å². The lowest BCUT2D eigenvalue weighted by atomic mass is 10.2. The lowest BCUT2D eigenvalue weighted by molar-refractivity contribution is 0.873. The summed E-state index contributed by atoms with van der Waals surface area (Å²) in [6, 6.07) is 16.3. The van der Waals surface area contributed by atoms with Crippen LogP contribution in [0.25, 0.3) is 10.9 Å². The van der Waals surface area contributed by atoms with Crippen molar-refractivity contribution < 1.29 is 0 Å². The van der Waals surface area contributed by atoms with Crippen molar-refractivity contribution in [3.05, 3.63) is 64.8 Å². The van der Waals surface area contributed by atoms with E-state index in [9.17, 15) is 0 Å². The van der Waals surface area contributed by atoms with Crippen molar-refractivity contribution in [1.82, 2.24) is 9.97 Å². The van der Waals surface area contributed by atoms with Gasteiger partial charge in [0.05, 0.1) is 5.52 Å². The average molecular weight is 328 g/mol. The summed E-state index contributed by atoms with van der Waals surface area (Å²) in [6.07, 6.45) is 1.86. The Bertz CT molecular complexity index is 728. The molecule has 0 saturated carbocycles. The first kappa shape index (κ1) is 13.1. The van der Waals surface area contributed by atoms with E-state index in [2.05, 4.69) is 42.9 Å². The predicted molar refractivity (Wildman–Crippen MR) is 85.8 cm³/mol. The van der Waals surface area contributed by atoms with Gasteiger partial charge in [-0.1, -0.05) is 52.3 Å². The molecule has 0 radical (unpaired) electrons. The number of halogens is 1. The summed E-state index contributed by atoms with van der Waals surface area (Å²) in [4.78, 5) is 11.1. The fourth-order valence-electron chi connectivity index (χ4n) is 2.12. The van der Waals surface area contributed by atoms with Crippen LogP contribution in [0.15, 0.2) is 59.2 Å². The number of hydrogen-bond acceptors (Lipinski definition) is 3. The summed E-state index contributed by atoms with van der Waals surface area (Å²) < 4.78 is 1.02. The van der Waals surface area contributed by atoms with Crippen LogP contribution in [0.3, 0.4) is 0 Å². The number of rotatable bonds is 3. The molecule has 0 bridgehead atoms. The van der Waals surface area contributed by atoms with E-state index in [1.54, 1.807) is 0 Å². The minimum Gasteiger partial charge on any atom is -0.340 e. The Kier molecular flexibility index (Phi) is 3.65. The van der Waals surface area contributed by atoms with Crippen molar-refractivity contribution in [2.75, 3.05) is 11.9 Å². The lowest BCUT2D eigenvalue weighted by Crippen LogP contribution is -2.18. The topological polar surface area (TPSA) is 29.0 Å². The molecular formula is C16H14BrN3. The number of fused-ring (bicyclic) bond motifs is 1. The second-order valence-corrected chi connectivity index (χ2v) is 5.54. The maximum atomic E-state index is 4.62. The Balaban J connectivity index is 1.90. The van der Waals surface area contributed by atoms with Crippen LogP contribution in [0.5, 0.6) is 0 Å². The molecule has 0 fully saturated rings. The third kappa shape index (κ3) is 2.65. The first-order valence-corrected chi connectivity index (χ1v) is 7.19. The number of anilines is 1. The van der Waals surface area contributed by atoms with Gasteiger partial charge >= 0.3 is 0 Å². The number of benzene rings is 2. The van der Waals surface area contributed by atoms with Crippen LogP contribution in [0.2, 0.25) is 0 Å². The smallest absolute Gasteiger partial charge is 0.225 e. The van der Waals surface area contributed by atoms with Crippen LogP contribution < -0.4 is 4.90 Å². The molecule has 1 heterocycles. The highest BCUT2D eigenvalue weighted by Crippen LogP contribution is 2.23. The van der Waals surface area contributed by atoms with Gasteiger partial charge in [0.2, 0.25) is 5.95 Å². The van der Waals surface area contributed by atoms with E-state index in [0.717, 1.165) is 27.9 Å². The Hall–Kier alpha value is -1.94. The van der Waals surface area contributed by atoms with Crippen LogP contribution in [0.4, 0.5) is 5.95 Å². The highest BCUT2D eigenvalue weighted by Gasteiger charge is 2.07. The first-order valence-electron chi connectivity index (χ1n) is 6.40. The van der Waals surface area contributed by atoms with Crippen molar-refractivity contribution in [2.45, 2.75) is 6.54 Å². The molecule has 2 aromatic carbocycles. The zero-order valence-corrected chi connectivity index (χ0v) is 12.7. The largest absolute Gasteiger partial charge is 0.340 e. The van der Waals surface area contributed by atoms with Gasteiger partial charge in [-0.25, -0.2) is 9.97 Å². The molecular weight excluding hydrogens is 314 g/mol. The molecule has 4 heteroatoms. The third-order valence-electron chi connectivity index (χ3n) is 3.16. The molecule has 0 amide bonds. The summed E-state index contributed by atoms with van der Waals surface area (Å²) in [5.41, 5.74) is 2.19. The normalized spacial score (nSPS) is 10.7. The zero-order chi connectivity index (χ0) is 13.9. The molecule has 3 rings (SSSR count). The molecule has 0 unspecified atom stereocenters. The molecule has 0 aliphatic heterocycles. The van der Waals surface area contributed by atoms with E-state index in [1.165, 1.54) is 5.56 Å². The van der Waals surface area contributed by atoms with E-state index >= 15 is 0 Å². The quantitative estimate of drug-likeness (QED) is 0.727. The molecule has 1 aromatic heterocycles. The number of nitrogens with zero attached hydrogens (tertiary/aromatic N) is 3. The van der Waals surface area contributed by atoms with Crippen LogP contribution >= 0.6 is 15.9 Å². The van der Waals surface area contributed by atoms with Crippen LogP contribution in [-0.4, -0.2) is 17.0 Å². The predicted octanol–water partition coefficient (Wildman–Crippen LogP) is 4.03. The van der Waals surface area contributed by atoms with Gasteiger partial charge < -0.3 is 4.90 Å². The summed E-state index contributed by atoms with van der Waals surface area (Å²) >= 11 is 3.52. The second kappa shape index (κ2) is 5.59. The molecule has 0 N–H and O–H groups in total. The summed E-state index contributed by atoms with van der Waals surface area (Å²) in [5.74, 6) is 0.736. The van der Waals surface area contributed by atoms with E-state index in [4.69, 9.17) is 0 Å². The van der Waals surface area contributed by atoms with E-state index < -0.39 is 0 Å². The second-order valence-electron chi connectivity index (χ2n) is 4.68. The highest BCUT2D eigenvalue weighted by molar-refractivity contribution is 9.10. The fraction of sp³-hybridized carbons (Fsp3) is 0.125. The Labute approximate surface area is 126 Å². The molecule has 0 atom stereocenters. The number of hydrogen-bond donors (Lipinski definition) is 0. The Morgan fingerprint density at radius 2 is 1.85 bits per heavy atom. The summed E-state index contributed by atoms with van der Waals surface area (Å²) in [5, 5.41) is 1.03. The maximum absolute atomic E-state index is 4.62. The van der Waals surface area contributed by atoms with Gasteiger partial charge in [0.15, 0.2) is 0 Å². The van der Waals surface area contributed by atoms with Crippen molar-refractivity contribution in [3.8, 4) is 0 Å². The van der Waals surface area contributed by atoms with E-state index in [1.807, 2.05) is 49.6 Å². The molecule has 3 aromatic rings. The standard InChI is InChI=1S/C16H14BrN3/c1-20(11-12-6-3-2-4-7-12)16-18-10-13-14(17)8-5-9-15(13)19-16/h2-10H,11H2,1H3. The maximum Gasteiger partial charge on any atom is 0.225 e. The fourth-order valence-corrected chi connectivity index (χ4v) is 2.58. The van der Waals surface area contributed by atoms with E-state index in [0.29, 0.717) is 0 Å². The zero-order valence-electron chi connectivity index (χ0n) is 11.1. The SMILES string of the molecule is CN(Cc1ccccc1)c1ncc2c(Br)cccc2n1. The molecule has 0 spiro atoms. The van der Waals surface area contributed by atoms with Gasteiger partial charge in [-0.2, -0.15) is 0 Å². The van der Waals surface area contributed by atoms with Crippen molar-refractivity contribution >= 4 is 32.8 Å². The van der Waals surface area contributed by atoms with Crippen LogP contribution in [0, 0.1) is 0 Å². The number of aromatic nitrogens is 2. The Morgan fingerprint density at radius 1 is 1.05 bits per heavy atom. The minimum absolute atomic E-state index is 0.736. The minimum atomic E-state index is 0.736. The van der Waals surface area contributed by atoms with Crippen molar-refractivity contribution in [3.63, 3.8) is 0 Å². The van der Waals surface area contributed by atoms with Gasteiger partial charge in [0.25, 0.3) is 0 Å². The summed E-state index contributed by atoms with van der Waals surface area (Å²) in [7, 11) is 2.01. The highest BCUT2D eigenvalue weighted by atomic mass is 79.9. The van der Waals surface area contributed by atoms with Crippen LogP contribution in [0.1, 0.15) is 5.56 Å². The molecule has 0 saturated heterocycles. The van der Waals surface area contributed by atoms with Gasteiger partial charge in [-0.15, -0.1) is 0 Å². The summed E-state index contributed by atoms with van der Waals surface area (Å²) in [6.45, 7) is 0.792. The first-order chi connectivity index (χ1) is 9.74. The monoisotopic (exact) mass is 327 g/mol.